The molecule has 0 saturated heterocycles. The van der Waals surface area contributed by atoms with Crippen molar-refractivity contribution in [3.05, 3.63) is 45.9 Å². The maximum absolute atomic E-state index is 11.9. The topological polar surface area (TPSA) is 95.2 Å². The summed E-state index contributed by atoms with van der Waals surface area (Å²) in [5, 5.41) is 7.05. The number of nitrogens with one attached hydrogen (secondary N) is 1. The van der Waals surface area contributed by atoms with E-state index in [1.165, 1.54) is 12.1 Å². The Morgan fingerprint density at radius 1 is 1.23 bits per heavy atom. The van der Waals surface area contributed by atoms with Crippen LogP contribution >= 0.6 is 23.2 Å². The fourth-order valence-corrected chi connectivity index (χ4v) is 2.70. The lowest BCUT2D eigenvalue weighted by Crippen LogP contribution is -2.17. The Labute approximate surface area is 159 Å². The zero-order chi connectivity index (χ0) is 18.7. The van der Waals surface area contributed by atoms with E-state index in [0.29, 0.717) is 22.9 Å². The summed E-state index contributed by atoms with van der Waals surface area (Å²) >= 11 is 11.8. The third-order valence-corrected chi connectivity index (χ3v) is 4.18. The second-order valence-electron chi connectivity index (χ2n) is 5.42. The minimum atomic E-state index is -0.413. The van der Waals surface area contributed by atoms with Crippen molar-refractivity contribution >= 4 is 46.2 Å². The van der Waals surface area contributed by atoms with Gasteiger partial charge in [0.15, 0.2) is 18.1 Å². The standard InChI is InChI=1S/C17H15Cl2N3O4/c1-9(10-2-3-14-15(4-10)25-8-24-14)22-26-7-16(23)21-11-5-12(18)17(20)13(19)6-11/h2-6H,7-8,20H2,1H3,(H,21,23)/b22-9+. The Morgan fingerprint density at radius 2 is 1.92 bits per heavy atom. The second-order valence-corrected chi connectivity index (χ2v) is 6.23. The van der Waals surface area contributed by atoms with E-state index < -0.39 is 5.91 Å². The summed E-state index contributed by atoms with van der Waals surface area (Å²) in [7, 11) is 0. The van der Waals surface area contributed by atoms with Gasteiger partial charge in [0.1, 0.15) is 0 Å². The lowest BCUT2D eigenvalue weighted by atomic mass is 10.1. The van der Waals surface area contributed by atoms with Gasteiger partial charge in [0.25, 0.3) is 5.91 Å². The smallest absolute Gasteiger partial charge is 0.265 e. The summed E-state index contributed by atoms with van der Waals surface area (Å²) in [5.41, 5.74) is 7.71. The van der Waals surface area contributed by atoms with Gasteiger partial charge in [0.05, 0.1) is 21.4 Å². The number of nitrogens with two attached hydrogens (primary N) is 1. The molecule has 9 heteroatoms. The maximum Gasteiger partial charge on any atom is 0.265 e. The van der Waals surface area contributed by atoms with Crippen LogP contribution in [0.1, 0.15) is 12.5 Å². The molecule has 0 aliphatic carbocycles. The van der Waals surface area contributed by atoms with Gasteiger partial charge in [-0.05, 0) is 37.3 Å². The van der Waals surface area contributed by atoms with Crippen LogP contribution in [-0.4, -0.2) is 25.0 Å². The molecule has 7 nitrogen and oxygen atoms in total. The van der Waals surface area contributed by atoms with Gasteiger partial charge in [0.2, 0.25) is 6.79 Å². The number of oxime groups is 1. The van der Waals surface area contributed by atoms with E-state index in [1.807, 2.05) is 6.07 Å². The average molecular weight is 396 g/mol. The minimum Gasteiger partial charge on any atom is -0.454 e. The van der Waals surface area contributed by atoms with Gasteiger partial charge < -0.3 is 25.4 Å². The SMILES string of the molecule is C/C(=N\OCC(=O)Nc1cc(Cl)c(N)c(Cl)c1)c1ccc2c(c1)OCO2. The molecule has 1 aliphatic heterocycles. The van der Waals surface area contributed by atoms with Crippen LogP contribution < -0.4 is 20.5 Å². The molecule has 0 fully saturated rings. The van der Waals surface area contributed by atoms with Crippen LogP contribution in [0.25, 0.3) is 0 Å². The molecule has 26 heavy (non-hydrogen) atoms. The fourth-order valence-electron chi connectivity index (χ4n) is 2.22. The van der Waals surface area contributed by atoms with Crippen LogP contribution in [-0.2, 0) is 9.63 Å². The van der Waals surface area contributed by atoms with Crippen molar-refractivity contribution < 1.29 is 19.1 Å². The third kappa shape index (κ3) is 4.12. The van der Waals surface area contributed by atoms with Gasteiger partial charge in [-0.25, -0.2) is 0 Å². The lowest BCUT2D eigenvalue weighted by Gasteiger charge is -2.08. The predicted molar refractivity (Wildman–Crippen MR) is 100 cm³/mol. The first-order valence-corrected chi connectivity index (χ1v) is 8.30. The van der Waals surface area contributed by atoms with Crippen molar-refractivity contribution in [3.8, 4) is 11.5 Å². The number of anilines is 2. The van der Waals surface area contributed by atoms with Crippen molar-refractivity contribution in [2.45, 2.75) is 6.92 Å². The molecule has 2 aromatic rings. The van der Waals surface area contributed by atoms with Crippen LogP contribution in [0, 0.1) is 0 Å². The molecular formula is C17H15Cl2N3O4. The van der Waals surface area contributed by atoms with Crippen LogP contribution in [0.5, 0.6) is 11.5 Å². The number of rotatable bonds is 5. The van der Waals surface area contributed by atoms with Gasteiger partial charge in [-0.2, -0.15) is 0 Å². The molecule has 0 atom stereocenters. The van der Waals surface area contributed by atoms with E-state index in [4.69, 9.17) is 43.2 Å². The number of halogens is 2. The molecule has 0 bridgehead atoms. The van der Waals surface area contributed by atoms with E-state index in [-0.39, 0.29) is 29.1 Å². The zero-order valence-electron chi connectivity index (χ0n) is 13.7. The van der Waals surface area contributed by atoms with Gasteiger partial charge in [-0.3, -0.25) is 4.79 Å². The molecule has 3 rings (SSSR count). The number of carbonyl (C=O) groups excluding carboxylic acids is 1. The minimum absolute atomic E-state index is 0.199. The molecular weight excluding hydrogens is 381 g/mol. The molecule has 2 aromatic carbocycles. The first-order chi connectivity index (χ1) is 12.4. The van der Waals surface area contributed by atoms with Crippen molar-refractivity contribution in [2.75, 3.05) is 24.5 Å². The van der Waals surface area contributed by atoms with Gasteiger partial charge in [-0.1, -0.05) is 28.4 Å². The summed E-state index contributed by atoms with van der Waals surface area (Å²) in [6.07, 6.45) is 0. The Bertz CT molecular complexity index is 863. The van der Waals surface area contributed by atoms with Crippen molar-refractivity contribution in [2.24, 2.45) is 5.16 Å². The fraction of sp³-hybridized carbons (Fsp3) is 0.176. The van der Waals surface area contributed by atoms with E-state index in [1.54, 1.807) is 19.1 Å². The predicted octanol–water partition coefficient (Wildman–Crippen LogP) is 3.68. The van der Waals surface area contributed by atoms with Crippen LogP contribution in [0.2, 0.25) is 10.0 Å². The third-order valence-electron chi connectivity index (χ3n) is 3.55. The molecule has 1 heterocycles. The molecule has 0 aromatic heterocycles. The van der Waals surface area contributed by atoms with Crippen LogP contribution in [0.3, 0.4) is 0 Å². The first-order valence-electron chi connectivity index (χ1n) is 7.55. The summed E-state index contributed by atoms with van der Waals surface area (Å²) in [4.78, 5) is 17.0. The van der Waals surface area contributed by atoms with Gasteiger partial charge >= 0.3 is 0 Å². The summed E-state index contributed by atoms with van der Waals surface area (Å²) in [6, 6.07) is 8.42. The maximum atomic E-state index is 11.9. The number of hydrogen-bond acceptors (Lipinski definition) is 6. The van der Waals surface area contributed by atoms with Gasteiger partial charge in [-0.15, -0.1) is 0 Å². The molecule has 136 valence electrons. The summed E-state index contributed by atoms with van der Waals surface area (Å²) in [6.45, 7) is 1.68. The quantitative estimate of drug-likeness (QED) is 0.457. The van der Waals surface area contributed by atoms with E-state index in [2.05, 4.69) is 10.5 Å². The monoisotopic (exact) mass is 395 g/mol. The first kappa shape index (κ1) is 18.2. The molecule has 0 spiro atoms. The van der Waals surface area contributed by atoms with E-state index in [0.717, 1.165) is 5.56 Å². The Morgan fingerprint density at radius 3 is 2.65 bits per heavy atom. The number of carbonyl (C=O) groups is 1. The lowest BCUT2D eigenvalue weighted by molar-refractivity contribution is -0.120. The highest BCUT2D eigenvalue weighted by Crippen LogP contribution is 2.33. The second kappa shape index (κ2) is 7.72. The molecule has 1 aliphatic rings. The van der Waals surface area contributed by atoms with Crippen molar-refractivity contribution in [3.63, 3.8) is 0 Å². The zero-order valence-corrected chi connectivity index (χ0v) is 15.2. The highest BCUT2D eigenvalue weighted by Gasteiger charge is 2.14. The normalized spacial score (nSPS) is 12.8. The van der Waals surface area contributed by atoms with Crippen LogP contribution in [0.4, 0.5) is 11.4 Å². The number of nitrogens with zero attached hydrogens (tertiary/aromatic N) is 1. The van der Waals surface area contributed by atoms with E-state index >= 15 is 0 Å². The van der Waals surface area contributed by atoms with Gasteiger partial charge in [0, 0.05) is 11.3 Å². The number of benzene rings is 2. The Kier molecular flexibility index (Phi) is 5.39. The highest BCUT2D eigenvalue weighted by molar-refractivity contribution is 6.39. The van der Waals surface area contributed by atoms with Crippen molar-refractivity contribution in [1.82, 2.24) is 0 Å². The summed E-state index contributed by atoms with van der Waals surface area (Å²) in [5.74, 6) is 0.915. The molecule has 0 radical (unpaired) electrons. The summed E-state index contributed by atoms with van der Waals surface area (Å²) < 4.78 is 10.6. The average Bonchev–Trinajstić information content (AvgIpc) is 3.07. The molecule has 3 N–H and O–H groups in total. The largest absolute Gasteiger partial charge is 0.454 e. The van der Waals surface area contributed by atoms with Crippen LogP contribution in [0.15, 0.2) is 35.5 Å². The van der Waals surface area contributed by atoms with Crippen molar-refractivity contribution in [1.29, 1.82) is 0 Å². The molecule has 0 saturated carbocycles. The highest BCUT2D eigenvalue weighted by atomic mass is 35.5. The number of hydrogen-bond donors (Lipinski definition) is 2. The Balaban J connectivity index is 1.57. The number of nitrogen functional groups attached to an aromatic ring is 1. The molecule has 1 amide bonds. The number of ether oxygens (including phenoxy) is 2. The Hall–Kier alpha value is -2.64. The number of fused-ring (bicyclic) bond motifs is 1. The number of amides is 1. The molecule has 0 unspecified atom stereocenters. The van der Waals surface area contributed by atoms with E-state index in [9.17, 15) is 4.79 Å².